The van der Waals surface area contributed by atoms with Crippen LogP contribution >= 0.6 is 0 Å². The molecule has 0 radical (unpaired) electrons. The summed E-state index contributed by atoms with van der Waals surface area (Å²) in [6.07, 6.45) is 6.25. The van der Waals surface area contributed by atoms with Crippen molar-refractivity contribution in [2.24, 2.45) is 0 Å². The summed E-state index contributed by atoms with van der Waals surface area (Å²) in [4.78, 5) is 0. The van der Waals surface area contributed by atoms with Gasteiger partial charge in [-0.3, -0.25) is 0 Å². The largest absolute Gasteiger partial charge is 0.378 e. The molecule has 0 aromatic heterocycles. The Morgan fingerprint density at radius 3 is 3.00 bits per heavy atom. The van der Waals surface area contributed by atoms with E-state index >= 15 is 0 Å². The number of methoxy groups -OCH3 is 1. The van der Waals surface area contributed by atoms with E-state index in [1.807, 2.05) is 0 Å². The first-order valence-electron chi connectivity index (χ1n) is 7.34. The molecule has 0 saturated carbocycles. The lowest BCUT2D eigenvalue weighted by molar-refractivity contribution is -0.0175. The van der Waals surface area contributed by atoms with Gasteiger partial charge in [0.15, 0.2) is 0 Å². The maximum Gasteiger partial charge on any atom is 0.106 e. The number of hydrogen-bond acceptors (Lipinski definition) is 4. The quantitative estimate of drug-likeness (QED) is 0.752. The third-order valence-electron chi connectivity index (χ3n) is 4.32. The van der Waals surface area contributed by atoms with Gasteiger partial charge in [0, 0.05) is 38.8 Å². The van der Waals surface area contributed by atoms with Crippen molar-refractivity contribution < 1.29 is 9.47 Å². The Balaban J connectivity index is 1.68. The topological polar surface area (TPSA) is 42.5 Å². The molecular formula is C14H28N2O2. The zero-order valence-electron chi connectivity index (χ0n) is 11.8. The van der Waals surface area contributed by atoms with E-state index in [9.17, 15) is 0 Å². The predicted molar refractivity (Wildman–Crippen MR) is 72.9 cm³/mol. The fourth-order valence-corrected chi connectivity index (χ4v) is 2.96. The first kappa shape index (κ1) is 14.3. The summed E-state index contributed by atoms with van der Waals surface area (Å²) < 4.78 is 11.1. The van der Waals surface area contributed by atoms with Crippen molar-refractivity contribution in [2.45, 2.75) is 56.7 Å². The van der Waals surface area contributed by atoms with Crippen molar-refractivity contribution in [1.29, 1.82) is 0 Å². The molecule has 0 aliphatic carbocycles. The Labute approximate surface area is 111 Å². The maximum atomic E-state index is 5.64. The fourth-order valence-electron chi connectivity index (χ4n) is 2.96. The number of nitrogens with one attached hydrogen (secondary N) is 2. The second-order valence-electron chi connectivity index (χ2n) is 5.85. The number of piperidine rings is 1. The molecule has 2 saturated heterocycles. The number of ether oxygens (including phenoxy) is 2. The van der Waals surface area contributed by atoms with E-state index in [4.69, 9.17) is 9.47 Å². The van der Waals surface area contributed by atoms with Crippen LogP contribution in [-0.2, 0) is 9.47 Å². The Hall–Kier alpha value is -0.160. The van der Waals surface area contributed by atoms with Crippen LogP contribution in [0.3, 0.4) is 0 Å². The molecule has 3 unspecified atom stereocenters. The van der Waals surface area contributed by atoms with Gasteiger partial charge in [-0.1, -0.05) is 6.42 Å². The van der Waals surface area contributed by atoms with Gasteiger partial charge in [-0.2, -0.15) is 0 Å². The standard InChI is InChI=1S/C14H28N2O2/c1-12(9-13-5-3-4-7-15-13)16-10-14(17-2)6-8-18-11-14/h12-13,15-16H,3-11H2,1-2H3. The molecule has 2 fully saturated rings. The van der Waals surface area contributed by atoms with Gasteiger partial charge in [0.1, 0.15) is 5.60 Å². The van der Waals surface area contributed by atoms with E-state index in [1.165, 1.54) is 32.2 Å². The van der Waals surface area contributed by atoms with Crippen LogP contribution in [0.5, 0.6) is 0 Å². The van der Waals surface area contributed by atoms with E-state index in [-0.39, 0.29) is 5.60 Å². The summed E-state index contributed by atoms with van der Waals surface area (Å²) in [5.41, 5.74) is -0.0890. The Kier molecular flexibility index (Phi) is 5.42. The summed E-state index contributed by atoms with van der Waals surface area (Å²) in [6, 6.07) is 1.23. The van der Waals surface area contributed by atoms with Crippen LogP contribution < -0.4 is 10.6 Å². The lowest BCUT2D eigenvalue weighted by Gasteiger charge is -2.30. The minimum atomic E-state index is -0.0890. The molecule has 106 valence electrons. The van der Waals surface area contributed by atoms with Crippen molar-refractivity contribution in [3.05, 3.63) is 0 Å². The van der Waals surface area contributed by atoms with Crippen molar-refractivity contribution in [1.82, 2.24) is 10.6 Å². The van der Waals surface area contributed by atoms with Gasteiger partial charge < -0.3 is 20.1 Å². The fraction of sp³-hybridized carbons (Fsp3) is 1.00. The van der Waals surface area contributed by atoms with Gasteiger partial charge in [0.2, 0.25) is 0 Å². The van der Waals surface area contributed by atoms with Gasteiger partial charge in [-0.25, -0.2) is 0 Å². The predicted octanol–water partition coefficient (Wildman–Crippen LogP) is 1.30. The average Bonchev–Trinajstić information content (AvgIpc) is 2.87. The van der Waals surface area contributed by atoms with Crippen LogP contribution in [-0.4, -0.2) is 51.1 Å². The first-order chi connectivity index (χ1) is 8.74. The maximum absolute atomic E-state index is 5.64. The summed E-state index contributed by atoms with van der Waals surface area (Å²) in [5.74, 6) is 0. The van der Waals surface area contributed by atoms with Gasteiger partial charge in [0.25, 0.3) is 0 Å². The highest BCUT2D eigenvalue weighted by molar-refractivity contribution is 4.88. The van der Waals surface area contributed by atoms with Crippen LogP contribution in [0.25, 0.3) is 0 Å². The van der Waals surface area contributed by atoms with Crippen LogP contribution in [0.4, 0.5) is 0 Å². The molecule has 4 nitrogen and oxygen atoms in total. The Morgan fingerprint density at radius 1 is 1.50 bits per heavy atom. The van der Waals surface area contributed by atoms with E-state index in [0.29, 0.717) is 12.1 Å². The summed E-state index contributed by atoms with van der Waals surface area (Å²) in [7, 11) is 1.80. The normalized spacial score (nSPS) is 34.7. The highest BCUT2D eigenvalue weighted by Gasteiger charge is 2.35. The van der Waals surface area contributed by atoms with Gasteiger partial charge >= 0.3 is 0 Å². The van der Waals surface area contributed by atoms with Gasteiger partial charge in [-0.05, 0) is 32.7 Å². The zero-order valence-corrected chi connectivity index (χ0v) is 11.8. The average molecular weight is 256 g/mol. The molecule has 0 aromatic carbocycles. The van der Waals surface area contributed by atoms with Gasteiger partial charge in [0.05, 0.1) is 6.61 Å². The van der Waals surface area contributed by atoms with E-state index in [1.54, 1.807) is 7.11 Å². The first-order valence-corrected chi connectivity index (χ1v) is 7.34. The SMILES string of the molecule is COC1(CNC(C)CC2CCCCN2)CCOC1. The monoisotopic (exact) mass is 256 g/mol. The van der Waals surface area contributed by atoms with Crippen LogP contribution in [0.1, 0.15) is 39.0 Å². The molecule has 2 N–H and O–H groups in total. The minimum absolute atomic E-state index is 0.0890. The lowest BCUT2D eigenvalue weighted by atomic mass is 9.97. The third kappa shape index (κ3) is 3.92. The highest BCUT2D eigenvalue weighted by Crippen LogP contribution is 2.22. The molecular weight excluding hydrogens is 228 g/mol. The van der Waals surface area contributed by atoms with Crippen molar-refractivity contribution >= 4 is 0 Å². The molecule has 2 aliphatic heterocycles. The molecule has 0 aromatic rings. The van der Waals surface area contributed by atoms with E-state index in [2.05, 4.69) is 17.6 Å². The van der Waals surface area contributed by atoms with Crippen LogP contribution in [0.15, 0.2) is 0 Å². The molecule has 18 heavy (non-hydrogen) atoms. The van der Waals surface area contributed by atoms with Crippen molar-refractivity contribution in [3.8, 4) is 0 Å². The van der Waals surface area contributed by atoms with Crippen LogP contribution in [0.2, 0.25) is 0 Å². The Bertz CT molecular complexity index is 236. The molecule has 0 amide bonds. The minimum Gasteiger partial charge on any atom is -0.378 e. The van der Waals surface area contributed by atoms with E-state index in [0.717, 1.165) is 26.2 Å². The number of hydrogen-bond donors (Lipinski definition) is 2. The molecule has 2 rings (SSSR count). The molecule has 0 spiro atoms. The third-order valence-corrected chi connectivity index (χ3v) is 4.32. The summed E-state index contributed by atoms with van der Waals surface area (Å²) >= 11 is 0. The number of rotatable bonds is 6. The molecule has 0 bridgehead atoms. The van der Waals surface area contributed by atoms with Gasteiger partial charge in [-0.15, -0.1) is 0 Å². The zero-order chi connectivity index (χ0) is 12.8. The second kappa shape index (κ2) is 6.85. The summed E-state index contributed by atoms with van der Waals surface area (Å²) in [6.45, 7) is 5.92. The summed E-state index contributed by atoms with van der Waals surface area (Å²) in [5, 5.41) is 7.22. The molecule has 2 heterocycles. The van der Waals surface area contributed by atoms with E-state index < -0.39 is 0 Å². The van der Waals surface area contributed by atoms with Crippen molar-refractivity contribution in [3.63, 3.8) is 0 Å². The van der Waals surface area contributed by atoms with Crippen LogP contribution in [0, 0.1) is 0 Å². The Morgan fingerprint density at radius 2 is 2.39 bits per heavy atom. The smallest absolute Gasteiger partial charge is 0.106 e. The lowest BCUT2D eigenvalue weighted by Crippen LogP contribution is -2.47. The molecule has 3 atom stereocenters. The highest BCUT2D eigenvalue weighted by atomic mass is 16.5. The molecule has 2 aliphatic rings. The second-order valence-corrected chi connectivity index (χ2v) is 5.85. The molecule has 4 heteroatoms. The van der Waals surface area contributed by atoms with Crippen molar-refractivity contribution in [2.75, 3.05) is 33.4 Å².